The molecule has 4 amide bonds. The van der Waals surface area contributed by atoms with Gasteiger partial charge in [0.05, 0.1) is 6.04 Å². The largest absolute Gasteiger partial charge is 0.349 e. The van der Waals surface area contributed by atoms with E-state index in [1.165, 1.54) is 4.90 Å². The second kappa shape index (κ2) is 13.1. The van der Waals surface area contributed by atoms with Gasteiger partial charge in [-0.25, -0.2) is 13.6 Å². The van der Waals surface area contributed by atoms with Crippen LogP contribution in [0.4, 0.5) is 13.6 Å². The van der Waals surface area contributed by atoms with E-state index in [1.54, 1.807) is 0 Å². The van der Waals surface area contributed by atoms with E-state index in [9.17, 15) is 23.2 Å². The van der Waals surface area contributed by atoms with Crippen LogP contribution in [-0.4, -0.2) is 69.2 Å². The number of benzene rings is 2. The number of hydrogen-bond acceptors (Lipinski definition) is 4. The first-order chi connectivity index (χ1) is 20.7. The number of alkyl halides is 2. The number of rotatable bonds is 9. The molecule has 4 fully saturated rings. The predicted molar refractivity (Wildman–Crippen MR) is 166 cm³/mol. The van der Waals surface area contributed by atoms with Crippen molar-refractivity contribution in [2.75, 3.05) is 13.1 Å². The van der Waals surface area contributed by atoms with E-state index in [0.29, 0.717) is 32.4 Å². The van der Waals surface area contributed by atoms with E-state index in [4.69, 9.17) is 0 Å². The number of hydrogen-bond donors (Lipinski definition) is 1. The number of nitrogens with one attached hydrogen (secondary N) is 1. The molecule has 2 bridgehead atoms. The maximum Gasteiger partial charge on any atom is 0.327 e. The summed E-state index contributed by atoms with van der Waals surface area (Å²) in [5.41, 5.74) is 1.18. The minimum absolute atomic E-state index is 0. The molecule has 0 radical (unpaired) electrons. The second-order valence-corrected chi connectivity index (χ2v) is 12.9. The van der Waals surface area contributed by atoms with Crippen molar-refractivity contribution in [3.05, 3.63) is 71.8 Å². The maximum atomic E-state index is 13.9. The van der Waals surface area contributed by atoms with Crippen LogP contribution in [0.3, 0.4) is 0 Å². The van der Waals surface area contributed by atoms with E-state index < -0.39 is 11.5 Å². The van der Waals surface area contributed by atoms with E-state index in [2.05, 4.69) is 10.2 Å². The monoisotopic (exact) mass is 628 g/mol. The highest BCUT2D eigenvalue weighted by Crippen LogP contribution is 2.48. The normalized spacial score (nSPS) is 27.4. The number of urea groups is 1. The average molecular weight is 629 g/mol. The molecule has 0 aromatic heterocycles. The van der Waals surface area contributed by atoms with E-state index >= 15 is 0 Å². The van der Waals surface area contributed by atoms with Crippen LogP contribution >= 0.6 is 12.4 Å². The molecular weight excluding hydrogens is 586 g/mol. The second-order valence-electron chi connectivity index (χ2n) is 12.9. The van der Waals surface area contributed by atoms with Crippen LogP contribution in [0.15, 0.2) is 60.7 Å². The Kier molecular flexibility index (Phi) is 9.66. The van der Waals surface area contributed by atoms with Gasteiger partial charge in [0.25, 0.3) is 5.91 Å². The van der Waals surface area contributed by atoms with Gasteiger partial charge in [-0.15, -0.1) is 12.4 Å². The lowest BCUT2D eigenvalue weighted by atomic mass is 9.80. The summed E-state index contributed by atoms with van der Waals surface area (Å²) in [4.78, 5) is 46.3. The molecular formula is C34H43ClF2N4O3. The van der Waals surface area contributed by atoms with Gasteiger partial charge in [-0.1, -0.05) is 60.7 Å². The molecule has 1 saturated carbocycles. The first kappa shape index (κ1) is 32.4. The molecule has 2 aromatic carbocycles. The number of carbonyl (C=O) groups is 3. The minimum atomic E-state index is -2.67. The number of amides is 4. The Morgan fingerprint density at radius 1 is 0.932 bits per heavy atom. The van der Waals surface area contributed by atoms with Gasteiger partial charge < -0.3 is 10.2 Å². The van der Waals surface area contributed by atoms with Crippen molar-refractivity contribution in [3.63, 3.8) is 0 Å². The fraction of sp³-hybridized carbons (Fsp3) is 0.559. The summed E-state index contributed by atoms with van der Waals surface area (Å²) in [6.07, 6.45) is 3.78. The van der Waals surface area contributed by atoms with Crippen molar-refractivity contribution in [1.29, 1.82) is 0 Å². The van der Waals surface area contributed by atoms with E-state index in [-0.39, 0.29) is 80.0 Å². The highest BCUT2D eigenvalue weighted by molar-refractivity contribution is 6.07. The fourth-order valence-corrected chi connectivity index (χ4v) is 8.00. The highest BCUT2D eigenvalue weighted by atomic mass is 35.5. The molecule has 4 aliphatic rings. The number of halogens is 3. The summed E-state index contributed by atoms with van der Waals surface area (Å²) in [6, 6.07) is 19.6. The number of likely N-dealkylation sites (N-methyl/N-ethyl adjacent to an activating group) is 1. The summed E-state index contributed by atoms with van der Waals surface area (Å²) in [5, 5.41) is 3.21. The molecule has 238 valence electrons. The van der Waals surface area contributed by atoms with Crippen LogP contribution in [0.1, 0.15) is 81.9 Å². The Bertz CT molecular complexity index is 1310. The van der Waals surface area contributed by atoms with Gasteiger partial charge in [0.2, 0.25) is 11.8 Å². The zero-order valence-corrected chi connectivity index (χ0v) is 26.1. The van der Waals surface area contributed by atoms with Crippen molar-refractivity contribution in [1.82, 2.24) is 20.0 Å². The van der Waals surface area contributed by atoms with E-state index in [0.717, 1.165) is 30.5 Å². The summed E-state index contributed by atoms with van der Waals surface area (Å²) < 4.78 is 27.4. The third-order valence-electron chi connectivity index (χ3n) is 10.3. The van der Waals surface area contributed by atoms with E-state index in [1.807, 2.05) is 72.5 Å². The number of nitrogens with zero attached hydrogens (tertiary/aromatic N) is 3. The first-order valence-electron chi connectivity index (χ1n) is 15.9. The van der Waals surface area contributed by atoms with Gasteiger partial charge in [-0.2, -0.15) is 0 Å². The number of imide groups is 1. The van der Waals surface area contributed by atoms with Crippen LogP contribution in [0.5, 0.6) is 0 Å². The Morgan fingerprint density at radius 2 is 1.52 bits per heavy atom. The van der Waals surface area contributed by atoms with Crippen LogP contribution in [0, 0.1) is 5.92 Å². The predicted octanol–water partition coefficient (Wildman–Crippen LogP) is 6.33. The number of carbonyl (C=O) groups excluding carboxylic acids is 3. The lowest BCUT2D eigenvalue weighted by molar-refractivity contribution is -0.137. The van der Waals surface area contributed by atoms with Crippen LogP contribution in [-0.2, 0) is 16.1 Å². The Morgan fingerprint density at radius 3 is 2.11 bits per heavy atom. The summed E-state index contributed by atoms with van der Waals surface area (Å²) in [7, 11) is 0. The Hall–Kier alpha value is -3.04. The van der Waals surface area contributed by atoms with Crippen LogP contribution in [0.25, 0.3) is 0 Å². The fourth-order valence-electron chi connectivity index (χ4n) is 8.00. The molecule has 3 heterocycles. The standard InChI is InChI=1S/C34H42F2N4O3.ClH/c1-2-38-31(42)33(40(32(38)43)23-24-9-5-3-6-10-24)21-27-13-14-28(22-33)39(27)20-17-29(25-11-7-4-8-12-25)37-30(41)26-15-18-34(35,36)19-16-26;/h3-12,26-29H,2,13-23H2,1H3,(H,37,41);1H/t27?,28?,29-,33?;/m0./s1. The molecule has 2 unspecified atom stereocenters. The molecule has 2 aromatic rings. The molecule has 44 heavy (non-hydrogen) atoms. The van der Waals surface area contributed by atoms with Gasteiger partial charge in [-0.3, -0.25) is 19.4 Å². The Balaban J connectivity index is 0.00000384. The van der Waals surface area contributed by atoms with Gasteiger partial charge in [0.1, 0.15) is 5.54 Å². The highest BCUT2D eigenvalue weighted by Gasteiger charge is 2.62. The third kappa shape index (κ3) is 6.23. The lowest BCUT2D eigenvalue weighted by Gasteiger charge is -2.47. The first-order valence-corrected chi connectivity index (χ1v) is 15.9. The smallest absolute Gasteiger partial charge is 0.327 e. The van der Waals surface area contributed by atoms with Gasteiger partial charge in [0, 0.05) is 50.5 Å². The van der Waals surface area contributed by atoms with Crippen LogP contribution < -0.4 is 5.32 Å². The molecule has 1 aliphatic carbocycles. The van der Waals surface area contributed by atoms with Crippen molar-refractivity contribution in [3.8, 4) is 0 Å². The molecule has 1 spiro atoms. The van der Waals surface area contributed by atoms with Gasteiger partial charge in [0.15, 0.2) is 0 Å². The lowest BCUT2D eigenvalue weighted by Crippen LogP contribution is -2.60. The topological polar surface area (TPSA) is 73.0 Å². The van der Waals surface area contributed by atoms with Gasteiger partial charge >= 0.3 is 6.03 Å². The summed E-state index contributed by atoms with van der Waals surface area (Å²) in [6.45, 7) is 3.37. The Labute approximate surface area is 264 Å². The van der Waals surface area contributed by atoms with Crippen molar-refractivity contribution in [2.24, 2.45) is 5.92 Å². The summed E-state index contributed by atoms with van der Waals surface area (Å²) >= 11 is 0. The quantitative estimate of drug-likeness (QED) is 0.330. The average Bonchev–Trinajstić information content (AvgIpc) is 3.36. The molecule has 1 N–H and O–H groups in total. The zero-order valence-electron chi connectivity index (χ0n) is 25.3. The molecule has 7 nitrogen and oxygen atoms in total. The van der Waals surface area contributed by atoms with Gasteiger partial charge in [-0.05, 0) is 63.0 Å². The van der Waals surface area contributed by atoms with Crippen molar-refractivity contribution >= 4 is 30.3 Å². The number of piperidine rings is 1. The van der Waals surface area contributed by atoms with Crippen LogP contribution in [0.2, 0.25) is 0 Å². The van der Waals surface area contributed by atoms with Crippen molar-refractivity contribution in [2.45, 2.75) is 101 Å². The zero-order chi connectivity index (χ0) is 30.2. The SMILES string of the molecule is CCN1C(=O)N(Cc2ccccc2)C2(CC3CCC(C2)N3CC[C@H](NC(=O)C2CCC(F)(F)CC2)c2ccccc2)C1=O.Cl. The van der Waals surface area contributed by atoms with Crippen molar-refractivity contribution < 1.29 is 23.2 Å². The number of fused-ring (bicyclic) bond motifs is 2. The third-order valence-corrected chi connectivity index (χ3v) is 10.3. The molecule has 6 rings (SSSR count). The maximum absolute atomic E-state index is 13.9. The minimum Gasteiger partial charge on any atom is -0.349 e. The molecule has 10 heteroatoms. The molecule has 3 saturated heterocycles. The molecule has 3 atom stereocenters. The molecule has 3 aliphatic heterocycles. The summed E-state index contributed by atoms with van der Waals surface area (Å²) in [5.74, 6) is -3.27.